The van der Waals surface area contributed by atoms with Gasteiger partial charge in [-0.05, 0) is 67.0 Å². The van der Waals surface area contributed by atoms with Gasteiger partial charge in [0.15, 0.2) is 0 Å². The summed E-state index contributed by atoms with van der Waals surface area (Å²) in [6, 6.07) is 11.0. The van der Waals surface area contributed by atoms with Crippen molar-refractivity contribution in [2.24, 2.45) is 5.14 Å². The van der Waals surface area contributed by atoms with E-state index in [-0.39, 0.29) is 10.8 Å². The fraction of sp³-hybridized carbons (Fsp3) is 0.381. The van der Waals surface area contributed by atoms with Crippen LogP contribution in [-0.2, 0) is 40.8 Å². The third-order valence-electron chi connectivity index (χ3n) is 5.01. The molecule has 3 N–H and O–H groups in total. The summed E-state index contributed by atoms with van der Waals surface area (Å²) in [4.78, 5) is 12.8. The summed E-state index contributed by atoms with van der Waals surface area (Å²) < 4.78 is 29.5. The highest BCUT2D eigenvalue weighted by Gasteiger charge is 2.23. The lowest BCUT2D eigenvalue weighted by Crippen LogP contribution is -2.25. The van der Waals surface area contributed by atoms with E-state index < -0.39 is 10.0 Å². The summed E-state index contributed by atoms with van der Waals surface area (Å²) in [6.45, 7) is 3.37. The number of nitrogens with two attached hydrogens (primary N) is 1. The Kier molecular flexibility index (Phi) is 6.49. The minimum Gasteiger partial charge on any atom is -0.377 e. The molecule has 1 aliphatic carbocycles. The Hall–Kier alpha value is -2.22. The number of benzene rings is 2. The number of fused-ring (bicyclic) bond motifs is 1. The largest absolute Gasteiger partial charge is 0.377 e. The Balaban J connectivity index is 1.82. The third kappa shape index (κ3) is 4.79. The van der Waals surface area contributed by atoms with Gasteiger partial charge in [-0.15, -0.1) is 0 Å². The Morgan fingerprint density at radius 1 is 1.14 bits per heavy atom. The summed E-state index contributed by atoms with van der Waals surface area (Å²) in [5.74, 6) is -0.315. The van der Waals surface area contributed by atoms with E-state index in [1.165, 1.54) is 6.07 Å². The fourth-order valence-electron chi connectivity index (χ4n) is 3.57. The maximum absolute atomic E-state index is 12.7. The highest BCUT2D eigenvalue weighted by molar-refractivity contribution is 7.89. The van der Waals surface area contributed by atoms with Crippen LogP contribution in [0.15, 0.2) is 41.3 Å². The maximum Gasteiger partial charge on any atom is 0.251 e. The van der Waals surface area contributed by atoms with Crippen molar-refractivity contribution >= 4 is 15.9 Å². The Bertz CT molecular complexity index is 970. The first-order valence-electron chi connectivity index (χ1n) is 9.51. The molecule has 2 aromatic carbocycles. The van der Waals surface area contributed by atoms with Gasteiger partial charge in [0.05, 0.1) is 11.5 Å². The smallest absolute Gasteiger partial charge is 0.251 e. The lowest BCUT2D eigenvalue weighted by molar-refractivity contribution is 0.0949. The van der Waals surface area contributed by atoms with E-state index in [0.717, 1.165) is 41.5 Å². The van der Waals surface area contributed by atoms with Gasteiger partial charge in [-0.3, -0.25) is 4.79 Å². The zero-order valence-electron chi connectivity index (χ0n) is 16.0. The predicted octanol–water partition coefficient (Wildman–Crippen LogP) is 2.68. The molecular weight excluding hydrogens is 376 g/mol. The second kappa shape index (κ2) is 8.86. The normalized spacial score (nSPS) is 13.8. The van der Waals surface area contributed by atoms with Crippen molar-refractivity contribution in [1.29, 1.82) is 0 Å². The number of aryl methyl sites for hydroxylation is 1. The molecule has 6 nitrogen and oxygen atoms in total. The van der Waals surface area contributed by atoms with Crippen LogP contribution < -0.4 is 10.5 Å². The zero-order chi connectivity index (χ0) is 20.1. The molecule has 1 amide bonds. The molecule has 0 fully saturated rings. The van der Waals surface area contributed by atoms with Gasteiger partial charge in [-0.25, -0.2) is 13.6 Å². The van der Waals surface area contributed by atoms with Crippen molar-refractivity contribution in [3.05, 3.63) is 64.2 Å². The lowest BCUT2D eigenvalue weighted by atomic mass is 9.90. The number of carbonyl (C=O) groups is 1. The highest BCUT2D eigenvalue weighted by Crippen LogP contribution is 2.28. The van der Waals surface area contributed by atoms with Crippen molar-refractivity contribution in [1.82, 2.24) is 5.32 Å². The van der Waals surface area contributed by atoms with Crippen LogP contribution in [0.2, 0.25) is 0 Å². The monoisotopic (exact) mass is 402 g/mol. The average Bonchev–Trinajstić information content (AvgIpc) is 2.69. The van der Waals surface area contributed by atoms with Gasteiger partial charge in [-0.1, -0.05) is 24.3 Å². The van der Waals surface area contributed by atoms with E-state index in [0.29, 0.717) is 31.7 Å². The van der Waals surface area contributed by atoms with Crippen molar-refractivity contribution in [2.45, 2.75) is 50.7 Å². The molecule has 0 heterocycles. The van der Waals surface area contributed by atoms with E-state index in [1.54, 1.807) is 6.07 Å². The number of rotatable bonds is 7. The number of hydrogen-bond acceptors (Lipinski definition) is 4. The molecule has 0 aliphatic heterocycles. The standard InChI is InChI=1S/C21H26N2O4S/c1-2-27-14-17-9-4-3-8-16(17)13-23-21(24)18-11-15-7-5-6-10-19(15)20(12-18)28(22,25)26/h3-4,8-9,11-12H,2,5-7,10,13-14H2,1H3,(H,23,24)(H2,22,25,26). The first-order chi connectivity index (χ1) is 13.4. The van der Waals surface area contributed by atoms with Crippen molar-refractivity contribution in [3.63, 3.8) is 0 Å². The number of sulfonamides is 1. The highest BCUT2D eigenvalue weighted by atomic mass is 32.2. The van der Waals surface area contributed by atoms with Gasteiger partial charge < -0.3 is 10.1 Å². The minimum atomic E-state index is -3.88. The Morgan fingerprint density at radius 3 is 2.57 bits per heavy atom. The maximum atomic E-state index is 12.7. The zero-order valence-corrected chi connectivity index (χ0v) is 16.8. The van der Waals surface area contributed by atoms with Gasteiger partial charge in [-0.2, -0.15) is 0 Å². The summed E-state index contributed by atoms with van der Waals surface area (Å²) in [5.41, 5.74) is 3.97. The summed E-state index contributed by atoms with van der Waals surface area (Å²) in [6.07, 6.45) is 3.34. The van der Waals surface area contributed by atoms with Crippen LogP contribution in [0.25, 0.3) is 0 Å². The van der Waals surface area contributed by atoms with Gasteiger partial charge >= 0.3 is 0 Å². The van der Waals surface area contributed by atoms with Crippen LogP contribution in [0.1, 0.15) is 52.4 Å². The van der Waals surface area contributed by atoms with Crippen LogP contribution in [-0.4, -0.2) is 20.9 Å². The van der Waals surface area contributed by atoms with Crippen LogP contribution in [0, 0.1) is 0 Å². The molecular formula is C21H26N2O4S. The van der Waals surface area contributed by atoms with E-state index in [1.807, 2.05) is 31.2 Å². The van der Waals surface area contributed by atoms with Gasteiger partial charge in [0.1, 0.15) is 0 Å². The summed E-state index contributed by atoms with van der Waals surface area (Å²) in [7, 11) is -3.88. The van der Waals surface area contributed by atoms with Gasteiger partial charge in [0.25, 0.3) is 5.91 Å². The SMILES string of the molecule is CCOCc1ccccc1CNC(=O)c1cc2c(c(S(N)(=O)=O)c1)CCCC2. The third-order valence-corrected chi connectivity index (χ3v) is 5.99. The second-order valence-electron chi connectivity index (χ2n) is 6.95. The van der Waals surface area contributed by atoms with Crippen LogP contribution in [0.4, 0.5) is 0 Å². The molecule has 0 bridgehead atoms. The van der Waals surface area contributed by atoms with E-state index in [2.05, 4.69) is 5.32 Å². The Morgan fingerprint density at radius 2 is 1.86 bits per heavy atom. The Labute approximate surface area is 166 Å². The molecule has 2 aromatic rings. The number of hydrogen-bond donors (Lipinski definition) is 2. The molecule has 0 atom stereocenters. The first-order valence-corrected chi connectivity index (χ1v) is 11.1. The van der Waals surface area contributed by atoms with Crippen LogP contribution in [0.3, 0.4) is 0 Å². The number of primary sulfonamides is 1. The van der Waals surface area contributed by atoms with Gasteiger partial charge in [0.2, 0.25) is 10.0 Å². The number of amides is 1. The van der Waals surface area contributed by atoms with E-state index in [9.17, 15) is 13.2 Å². The minimum absolute atomic E-state index is 0.0756. The van der Waals surface area contributed by atoms with Crippen molar-refractivity contribution < 1.29 is 17.9 Å². The molecule has 7 heteroatoms. The number of ether oxygens (including phenoxy) is 1. The van der Waals surface area contributed by atoms with E-state index >= 15 is 0 Å². The molecule has 1 aliphatic rings. The van der Waals surface area contributed by atoms with Crippen LogP contribution >= 0.6 is 0 Å². The average molecular weight is 403 g/mol. The molecule has 0 saturated carbocycles. The molecule has 150 valence electrons. The first kappa shape index (κ1) is 20.5. The molecule has 0 radical (unpaired) electrons. The summed E-state index contributed by atoms with van der Waals surface area (Å²) in [5, 5.41) is 8.30. The lowest BCUT2D eigenvalue weighted by Gasteiger charge is -2.20. The summed E-state index contributed by atoms with van der Waals surface area (Å²) >= 11 is 0. The van der Waals surface area contributed by atoms with E-state index in [4.69, 9.17) is 9.88 Å². The predicted molar refractivity (Wildman–Crippen MR) is 107 cm³/mol. The number of nitrogens with one attached hydrogen (secondary N) is 1. The quantitative estimate of drug-likeness (QED) is 0.744. The topological polar surface area (TPSA) is 98.5 Å². The van der Waals surface area contributed by atoms with Crippen LogP contribution in [0.5, 0.6) is 0 Å². The second-order valence-corrected chi connectivity index (χ2v) is 8.48. The van der Waals surface area contributed by atoms with Crippen molar-refractivity contribution in [3.8, 4) is 0 Å². The number of carbonyl (C=O) groups excluding carboxylic acids is 1. The molecule has 0 saturated heterocycles. The molecule has 0 spiro atoms. The molecule has 3 rings (SSSR count). The molecule has 28 heavy (non-hydrogen) atoms. The molecule has 0 unspecified atom stereocenters. The molecule has 0 aromatic heterocycles. The van der Waals surface area contributed by atoms with Crippen molar-refractivity contribution in [2.75, 3.05) is 6.61 Å². The van der Waals surface area contributed by atoms with Gasteiger partial charge in [0, 0.05) is 18.7 Å². The fourth-order valence-corrected chi connectivity index (χ4v) is 4.44.